The molecule has 0 saturated heterocycles. The molecule has 0 bridgehead atoms. The van der Waals surface area contributed by atoms with Crippen LogP contribution in [0, 0.1) is 13.8 Å². The van der Waals surface area contributed by atoms with Gasteiger partial charge in [-0.3, -0.25) is 0 Å². The highest BCUT2D eigenvalue weighted by molar-refractivity contribution is 5.80. The molecule has 2 nitrogen and oxygen atoms in total. The Balaban J connectivity index is 2.63. The van der Waals surface area contributed by atoms with E-state index in [-0.39, 0.29) is 0 Å². The van der Waals surface area contributed by atoms with Crippen molar-refractivity contribution in [3.63, 3.8) is 0 Å². The van der Waals surface area contributed by atoms with E-state index in [9.17, 15) is 0 Å². The minimum atomic E-state index is 0.659. The fraction of sp³-hybridized carbons (Fsp3) is 0.364. The van der Waals surface area contributed by atoms with E-state index in [1.54, 1.807) is 0 Å². The molecule has 2 heteroatoms. The van der Waals surface area contributed by atoms with Crippen molar-refractivity contribution in [2.24, 2.45) is 4.99 Å². The lowest BCUT2D eigenvalue weighted by atomic mass is 10.0. The van der Waals surface area contributed by atoms with Crippen molar-refractivity contribution in [1.29, 1.82) is 0 Å². The summed E-state index contributed by atoms with van der Waals surface area (Å²) in [6.45, 7) is 6.77. The molecule has 0 fully saturated rings. The maximum Gasteiger partial charge on any atom is 0.185 e. The zero-order valence-corrected chi connectivity index (χ0v) is 8.22. The number of aliphatic imine (C=N–C) groups is 1. The SMILES string of the molecule is CC1=Nc2c(ccc(C)c2C)CO1. The normalized spacial score (nSPS) is 14.5. The molecule has 0 N–H and O–H groups in total. The maximum absolute atomic E-state index is 5.35. The average Bonchev–Trinajstić information content (AvgIpc) is 2.12. The van der Waals surface area contributed by atoms with Gasteiger partial charge in [-0.2, -0.15) is 0 Å². The molecule has 0 aliphatic carbocycles. The standard InChI is InChI=1S/C11H13NO/c1-7-4-5-10-6-13-9(3)12-11(10)8(7)2/h4-5H,6H2,1-3H3. The van der Waals surface area contributed by atoms with E-state index in [0.717, 1.165) is 11.6 Å². The van der Waals surface area contributed by atoms with E-state index >= 15 is 0 Å². The number of hydrogen-bond donors (Lipinski definition) is 0. The summed E-state index contributed by atoms with van der Waals surface area (Å²) in [4.78, 5) is 4.40. The molecule has 0 atom stereocenters. The Labute approximate surface area is 78.3 Å². The van der Waals surface area contributed by atoms with Crippen LogP contribution in [0.2, 0.25) is 0 Å². The monoisotopic (exact) mass is 175 g/mol. The molecular weight excluding hydrogens is 162 g/mol. The van der Waals surface area contributed by atoms with Crippen LogP contribution in [-0.4, -0.2) is 5.90 Å². The number of aryl methyl sites for hydroxylation is 1. The highest BCUT2D eigenvalue weighted by Gasteiger charge is 2.12. The van der Waals surface area contributed by atoms with Crippen LogP contribution < -0.4 is 0 Å². The van der Waals surface area contributed by atoms with Gasteiger partial charge >= 0.3 is 0 Å². The van der Waals surface area contributed by atoms with Gasteiger partial charge in [0.15, 0.2) is 5.90 Å². The van der Waals surface area contributed by atoms with Gasteiger partial charge in [-0.1, -0.05) is 12.1 Å². The van der Waals surface area contributed by atoms with Crippen LogP contribution in [0.25, 0.3) is 0 Å². The second kappa shape index (κ2) is 2.87. The Morgan fingerprint density at radius 3 is 2.77 bits per heavy atom. The number of rotatable bonds is 0. The van der Waals surface area contributed by atoms with E-state index in [2.05, 4.69) is 31.0 Å². The van der Waals surface area contributed by atoms with Gasteiger partial charge in [0.25, 0.3) is 0 Å². The molecule has 1 heterocycles. The van der Waals surface area contributed by atoms with E-state index in [4.69, 9.17) is 4.74 Å². The van der Waals surface area contributed by atoms with Crippen molar-refractivity contribution in [1.82, 2.24) is 0 Å². The maximum atomic E-state index is 5.35. The minimum Gasteiger partial charge on any atom is -0.476 e. The fourth-order valence-electron chi connectivity index (χ4n) is 1.50. The summed E-state index contributed by atoms with van der Waals surface area (Å²) >= 11 is 0. The third-order valence-electron chi connectivity index (χ3n) is 2.49. The Morgan fingerprint density at radius 1 is 1.23 bits per heavy atom. The van der Waals surface area contributed by atoms with Crippen LogP contribution in [0.15, 0.2) is 17.1 Å². The molecule has 2 rings (SSSR count). The van der Waals surface area contributed by atoms with E-state index < -0.39 is 0 Å². The van der Waals surface area contributed by atoms with Crippen molar-refractivity contribution in [2.45, 2.75) is 27.4 Å². The van der Waals surface area contributed by atoms with E-state index in [1.807, 2.05) is 6.92 Å². The summed E-state index contributed by atoms with van der Waals surface area (Å²) in [6, 6.07) is 4.21. The Kier molecular flexibility index (Phi) is 1.83. The first-order valence-electron chi connectivity index (χ1n) is 4.45. The Morgan fingerprint density at radius 2 is 2.00 bits per heavy atom. The summed E-state index contributed by atoms with van der Waals surface area (Å²) < 4.78 is 5.35. The van der Waals surface area contributed by atoms with Crippen molar-refractivity contribution in [3.8, 4) is 0 Å². The Bertz CT molecular complexity index is 380. The first-order valence-corrected chi connectivity index (χ1v) is 4.45. The minimum absolute atomic E-state index is 0.659. The topological polar surface area (TPSA) is 21.6 Å². The lowest BCUT2D eigenvalue weighted by Gasteiger charge is -2.17. The summed E-state index contributed by atoms with van der Waals surface area (Å²) in [5.41, 5.74) is 4.84. The molecule has 1 aliphatic rings. The van der Waals surface area contributed by atoms with Crippen LogP contribution in [0.5, 0.6) is 0 Å². The highest BCUT2D eigenvalue weighted by atomic mass is 16.5. The smallest absolute Gasteiger partial charge is 0.185 e. The first kappa shape index (κ1) is 8.30. The molecular formula is C11H13NO. The molecule has 13 heavy (non-hydrogen) atoms. The number of ether oxygens (including phenoxy) is 1. The number of hydrogen-bond acceptors (Lipinski definition) is 2. The van der Waals surface area contributed by atoms with Gasteiger partial charge in [0.05, 0.1) is 5.69 Å². The molecule has 1 aromatic carbocycles. The molecule has 1 aromatic rings. The third-order valence-corrected chi connectivity index (χ3v) is 2.49. The van der Waals surface area contributed by atoms with Gasteiger partial charge in [-0.05, 0) is 25.0 Å². The third kappa shape index (κ3) is 1.32. The first-order chi connectivity index (χ1) is 6.18. The second-order valence-electron chi connectivity index (χ2n) is 3.43. The lowest BCUT2D eigenvalue weighted by molar-refractivity contribution is 0.284. The van der Waals surface area contributed by atoms with Crippen molar-refractivity contribution < 1.29 is 4.74 Å². The van der Waals surface area contributed by atoms with Crippen LogP contribution in [0.3, 0.4) is 0 Å². The molecule has 0 saturated carbocycles. The predicted octanol–water partition coefficient (Wildman–Crippen LogP) is 2.88. The van der Waals surface area contributed by atoms with Crippen molar-refractivity contribution in [2.75, 3.05) is 0 Å². The Hall–Kier alpha value is -1.31. The molecule has 0 aromatic heterocycles. The van der Waals surface area contributed by atoms with Crippen molar-refractivity contribution in [3.05, 3.63) is 28.8 Å². The molecule has 68 valence electrons. The average molecular weight is 175 g/mol. The molecule has 0 spiro atoms. The van der Waals surface area contributed by atoms with Gasteiger partial charge in [-0.15, -0.1) is 0 Å². The molecule has 1 aliphatic heterocycles. The zero-order valence-electron chi connectivity index (χ0n) is 8.22. The second-order valence-corrected chi connectivity index (χ2v) is 3.43. The summed E-state index contributed by atoms with van der Waals surface area (Å²) in [7, 11) is 0. The highest BCUT2D eigenvalue weighted by Crippen LogP contribution is 2.30. The van der Waals surface area contributed by atoms with Gasteiger partial charge in [0.2, 0.25) is 0 Å². The fourth-order valence-corrected chi connectivity index (χ4v) is 1.50. The van der Waals surface area contributed by atoms with Gasteiger partial charge < -0.3 is 4.74 Å². The summed E-state index contributed by atoms with van der Waals surface area (Å²) in [5, 5.41) is 0. The van der Waals surface area contributed by atoms with Crippen molar-refractivity contribution >= 4 is 11.6 Å². The molecule has 0 amide bonds. The molecule has 0 unspecified atom stereocenters. The van der Waals surface area contributed by atoms with Gasteiger partial charge in [-0.25, -0.2) is 4.99 Å². The zero-order chi connectivity index (χ0) is 9.42. The largest absolute Gasteiger partial charge is 0.476 e. The summed E-state index contributed by atoms with van der Waals surface area (Å²) in [5.74, 6) is 0.765. The van der Waals surface area contributed by atoms with Gasteiger partial charge in [0.1, 0.15) is 6.61 Å². The number of fused-ring (bicyclic) bond motifs is 1. The van der Waals surface area contributed by atoms with Crippen LogP contribution >= 0.6 is 0 Å². The van der Waals surface area contributed by atoms with E-state index in [0.29, 0.717) is 6.61 Å². The lowest BCUT2D eigenvalue weighted by Crippen LogP contribution is -2.06. The predicted molar refractivity (Wildman–Crippen MR) is 53.5 cm³/mol. The quantitative estimate of drug-likeness (QED) is 0.594. The van der Waals surface area contributed by atoms with E-state index in [1.165, 1.54) is 16.7 Å². The van der Waals surface area contributed by atoms with Gasteiger partial charge in [0, 0.05) is 12.5 Å². The number of nitrogens with zero attached hydrogens (tertiary/aromatic N) is 1. The van der Waals surface area contributed by atoms with Crippen LogP contribution in [0.1, 0.15) is 23.6 Å². The summed E-state index contributed by atoms with van der Waals surface area (Å²) in [6.07, 6.45) is 0. The van der Waals surface area contributed by atoms with Crippen LogP contribution in [-0.2, 0) is 11.3 Å². The molecule has 0 radical (unpaired) electrons. The van der Waals surface area contributed by atoms with Crippen LogP contribution in [0.4, 0.5) is 5.69 Å². The number of benzene rings is 1.